The summed E-state index contributed by atoms with van der Waals surface area (Å²) >= 11 is 0. The van der Waals surface area contributed by atoms with Crippen molar-refractivity contribution in [1.29, 1.82) is 0 Å². The van der Waals surface area contributed by atoms with Crippen LogP contribution in [0.5, 0.6) is 5.75 Å². The zero-order valence-corrected chi connectivity index (χ0v) is 22.1. The molecule has 2 saturated heterocycles. The number of anilines is 1. The van der Waals surface area contributed by atoms with Crippen LogP contribution >= 0.6 is 0 Å². The van der Waals surface area contributed by atoms with Crippen molar-refractivity contribution in [2.24, 2.45) is 0 Å². The molecule has 1 N–H and O–H groups in total. The first-order chi connectivity index (χ1) is 19.7. The number of ether oxygens (including phenoxy) is 2. The summed E-state index contributed by atoms with van der Waals surface area (Å²) in [5.74, 6) is 0.239. The van der Waals surface area contributed by atoms with E-state index in [1.807, 2.05) is 0 Å². The third-order valence-electron chi connectivity index (χ3n) is 8.47. The molecule has 1 aromatic carbocycles. The van der Waals surface area contributed by atoms with Crippen molar-refractivity contribution in [3.8, 4) is 17.0 Å². The fourth-order valence-corrected chi connectivity index (χ4v) is 6.27. The van der Waals surface area contributed by atoms with Gasteiger partial charge in [-0.3, -0.25) is 0 Å². The average Bonchev–Trinajstić information content (AvgIpc) is 3.87. The second kappa shape index (κ2) is 10.0. The maximum Gasteiger partial charge on any atom is 0.573 e. The molecule has 4 aliphatic rings. The minimum absolute atomic E-state index is 0.0250. The lowest BCUT2D eigenvalue weighted by molar-refractivity contribution is -0.274. The van der Waals surface area contributed by atoms with Gasteiger partial charge in [-0.1, -0.05) is 17.3 Å². The first-order valence-electron chi connectivity index (χ1n) is 14.1. The van der Waals surface area contributed by atoms with Crippen LogP contribution in [-0.2, 0) is 11.3 Å². The van der Waals surface area contributed by atoms with Gasteiger partial charge in [-0.25, -0.2) is 14.8 Å². The number of aromatic carboxylic acids is 1. The zero-order valence-electron chi connectivity index (χ0n) is 22.1. The van der Waals surface area contributed by atoms with Crippen molar-refractivity contribution in [2.45, 2.75) is 94.4 Å². The lowest BCUT2D eigenvalue weighted by Gasteiger charge is -2.39. The standard InChI is InChI=1S/C29H29F3N4O5/c30-29(31,32)40-24-4-2-1-3-20(24)25-21(26(41-35-25)16-7-8-16)14-39-19-11-17-9-10-18(12-19)36(17)28-33-22(15-5-6-15)13-23(34-28)27(37)38/h1-4,13,15-19H,5-12,14H2,(H,37,38)/t17-,18+,19?. The summed E-state index contributed by atoms with van der Waals surface area (Å²) in [4.78, 5) is 23.1. The van der Waals surface area contributed by atoms with E-state index in [1.54, 1.807) is 18.2 Å². The number of alkyl halides is 3. The number of aromatic nitrogens is 3. The number of carboxylic acid groups (broad SMARTS) is 1. The number of para-hydroxylation sites is 1. The largest absolute Gasteiger partial charge is 0.573 e. The van der Waals surface area contributed by atoms with Crippen LogP contribution in [0.15, 0.2) is 34.9 Å². The number of carboxylic acids is 1. The highest BCUT2D eigenvalue weighted by Crippen LogP contribution is 2.47. The molecule has 216 valence electrons. The molecule has 2 bridgehead atoms. The smallest absolute Gasteiger partial charge is 0.477 e. The van der Waals surface area contributed by atoms with E-state index in [0.29, 0.717) is 41.7 Å². The number of hydrogen-bond acceptors (Lipinski definition) is 8. The molecule has 0 radical (unpaired) electrons. The average molecular weight is 571 g/mol. The van der Waals surface area contributed by atoms with E-state index in [-0.39, 0.29) is 47.7 Å². The Morgan fingerprint density at radius 2 is 1.73 bits per heavy atom. The summed E-state index contributed by atoms with van der Waals surface area (Å²) in [5.41, 5.74) is 1.99. The normalized spacial score (nSPS) is 24.1. The van der Waals surface area contributed by atoms with Crippen LogP contribution in [0.25, 0.3) is 11.3 Å². The van der Waals surface area contributed by atoms with Crippen molar-refractivity contribution in [2.75, 3.05) is 4.90 Å². The summed E-state index contributed by atoms with van der Waals surface area (Å²) in [7, 11) is 0. The Morgan fingerprint density at radius 1 is 1.02 bits per heavy atom. The molecule has 2 aliphatic heterocycles. The molecule has 3 atom stereocenters. The van der Waals surface area contributed by atoms with Gasteiger partial charge >= 0.3 is 12.3 Å². The number of carbonyl (C=O) groups is 1. The summed E-state index contributed by atoms with van der Waals surface area (Å²) in [6.07, 6.45) is 2.24. The molecule has 7 rings (SSSR count). The highest BCUT2D eigenvalue weighted by molar-refractivity contribution is 5.85. The van der Waals surface area contributed by atoms with E-state index in [4.69, 9.17) is 14.2 Å². The van der Waals surface area contributed by atoms with Gasteiger partial charge in [0, 0.05) is 40.7 Å². The quantitative estimate of drug-likeness (QED) is 0.321. The molecule has 0 spiro atoms. The van der Waals surface area contributed by atoms with Gasteiger partial charge in [0.1, 0.15) is 17.2 Å². The second-order valence-electron chi connectivity index (χ2n) is 11.4. The van der Waals surface area contributed by atoms with Gasteiger partial charge in [0.15, 0.2) is 5.69 Å². The minimum Gasteiger partial charge on any atom is -0.477 e. The highest BCUT2D eigenvalue weighted by atomic mass is 19.4. The highest BCUT2D eigenvalue weighted by Gasteiger charge is 2.44. The second-order valence-corrected chi connectivity index (χ2v) is 11.4. The molecule has 12 heteroatoms. The molecule has 9 nitrogen and oxygen atoms in total. The van der Waals surface area contributed by atoms with Gasteiger partial charge in [0.2, 0.25) is 5.95 Å². The molecule has 0 amide bonds. The Labute approximate surface area is 233 Å². The number of halogens is 3. The molecule has 41 heavy (non-hydrogen) atoms. The van der Waals surface area contributed by atoms with Gasteiger partial charge in [-0.15, -0.1) is 13.2 Å². The third kappa shape index (κ3) is 5.37. The number of rotatable bonds is 9. The summed E-state index contributed by atoms with van der Waals surface area (Å²) < 4.78 is 55.7. The fraction of sp³-hybridized carbons (Fsp3) is 0.517. The van der Waals surface area contributed by atoms with Crippen molar-refractivity contribution >= 4 is 11.9 Å². The van der Waals surface area contributed by atoms with E-state index >= 15 is 0 Å². The summed E-state index contributed by atoms with van der Waals surface area (Å²) in [5, 5.41) is 13.8. The number of benzene rings is 1. The molecule has 3 aromatic rings. The zero-order chi connectivity index (χ0) is 28.3. The van der Waals surface area contributed by atoms with Crippen LogP contribution in [0.1, 0.15) is 90.7 Å². The molecule has 4 heterocycles. The molecule has 2 aliphatic carbocycles. The van der Waals surface area contributed by atoms with E-state index < -0.39 is 12.3 Å². The molecule has 2 aromatic heterocycles. The topological polar surface area (TPSA) is 111 Å². The van der Waals surface area contributed by atoms with Crippen LogP contribution < -0.4 is 9.64 Å². The van der Waals surface area contributed by atoms with Gasteiger partial charge in [-0.2, -0.15) is 0 Å². The van der Waals surface area contributed by atoms with Crippen molar-refractivity contribution in [3.05, 3.63) is 53.0 Å². The van der Waals surface area contributed by atoms with Crippen LogP contribution in [0.4, 0.5) is 19.1 Å². The van der Waals surface area contributed by atoms with Crippen molar-refractivity contribution < 1.29 is 37.1 Å². The van der Waals surface area contributed by atoms with Gasteiger partial charge < -0.3 is 24.0 Å². The maximum absolute atomic E-state index is 13.1. The van der Waals surface area contributed by atoms with Gasteiger partial charge in [0.25, 0.3) is 0 Å². The molecule has 4 fully saturated rings. The van der Waals surface area contributed by atoms with Gasteiger partial charge in [-0.05, 0) is 69.6 Å². The maximum atomic E-state index is 13.1. The molecular weight excluding hydrogens is 541 g/mol. The van der Waals surface area contributed by atoms with E-state index in [1.165, 1.54) is 12.1 Å². The third-order valence-corrected chi connectivity index (χ3v) is 8.47. The van der Waals surface area contributed by atoms with E-state index in [0.717, 1.165) is 44.2 Å². The Kier molecular flexibility index (Phi) is 6.40. The molecule has 1 unspecified atom stereocenters. The Hall–Kier alpha value is -3.67. The lowest BCUT2D eigenvalue weighted by atomic mass is 9.99. The predicted molar refractivity (Wildman–Crippen MR) is 139 cm³/mol. The Bertz CT molecular complexity index is 1450. The van der Waals surface area contributed by atoms with Crippen LogP contribution in [0.3, 0.4) is 0 Å². The fourth-order valence-electron chi connectivity index (χ4n) is 6.27. The first kappa shape index (κ1) is 26.2. The number of nitrogens with zero attached hydrogens (tertiary/aromatic N) is 4. The first-order valence-corrected chi connectivity index (χ1v) is 14.1. The number of piperidine rings is 1. The Balaban J connectivity index is 1.10. The molecule has 2 saturated carbocycles. The number of hydrogen-bond donors (Lipinski definition) is 1. The monoisotopic (exact) mass is 570 g/mol. The van der Waals surface area contributed by atoms with Crippen LogP contribution in [0.2, 0.25) is 0 Å². The van der Waals surface area contributed by atoms with Crippen molar-refractivity contribution in [3.63, 3.8) is 0 Å². The number of fused-ring (bicyclic) bond motifs is 2. The van der Waals surface area contributed by atoms with Crippen molar-refractivity contribution in [1.82, 2.24) is 15.1 Å². The van der Waals surface area contributed by atoms with Gasteiger partial charge in [0.05, 0.1) is 12.7 Å². The Morgan fingerprint density at radius 3 is 2.39 bits per heavy atom. The SMILES string of the molecule is O=C(O)c1cc(C2CC2)nc(N2[C@@H]3CC[C@H]2CC(OCc2c(-c4ccccc4OC(F)(F)F)noc2C2CC2)C3)n1. The van der Waals surface area contributed by atoms with Crippen LogP contribution in [0, 0.1) is 0 Å². The van der Waals surface area contributed by atoms with E-state index in [2.05, 4.69) is 19.8 Å². The summed E-state index contributed by atoms with van der Waals surface area (Å²) in [6.45, 7) is 0.159. The van der Waals surface area contributed by atoms with E-state index in [9.17, 15) is 23.1 Å². The molecular formula is C29H29F3N4O5. The minimum atomic E-state index is -4.84. The lowest BCUT2D eigenvalue weighted by Crippen LogP contribution is -2.46. The summed E-state index contributed by atoms with van der Waals surface area (Å²) in [6, 6.07) is 7.74. The van der Waals surface area contributed by atoms with Crippen LogP contribution in [-0.4, -0.2) is 50.8 Å². The predicted octanol–water partition coefficient (Wildman–Crippen LogP) is 6.20.